The maximum atomic E-state index is 12.2. The molecule has 1 atom stereocenters. The minimum atomic E-state index is 0.0270. The number of aromatic nitrogens is 1. The first-order valence-corrected chi connectivity index (χ1v) is 8.59. The van der Waals surface area contributed by atoms with E-state index in [-0.39, 0.29) is 22.7 Å². The van der Waals surface area contributed by atoms with Crippen molar-refractivity contribution < 1.29 is 4.79 Å². The van der Waals surface area contributed by atoms with Crippen molar-refractivity contribution in [2.24, 2.45) is 16.7 Å². The Morgan fingerprint density at radius 1 is 1.24 bits per heavy atom. The fourth-order valence-corrected chi connectivity index (χ4v) is 2.71. The van der Waals surface area contributed by atoms with Crippen LogP contribution >= 0.6 is 11.3 Å². The highest BCUT2D eigenvalue weighted by Crippen LogP contribution is 2.26. The van der Waals surface area contributed by atoms with Gasteiger partial charge in [0.15, 0.2) is 5.13 Å². The van der Waals surface area contributed by atoms with E-state index in [4.69, 9.17) is 0 Å². The largest absolute Gasteiger partial charge is 0.302 e. The van der Waals surface area contributed by atoms with Gasteiger partial charge >= 0.3 is 0 Å². The third-order valence-electron chi connectivity index (χ3n) is 3.27. The minimum Gasteiger partial charge on any atom is -0.302 e. The van der Waals surface area contributed by atoms with Crippen molar-refractivity contribution >= 4 is 22.4 Å². The summed E-state index contributed by atoms with van der Waals surface area (Å²) in [6.45, 7) is 15.2. The summed E-state index contributed by atoms with van der Waals surface area (Å²) < 4.78 is 0. The Morgan fingerprint density at radius 2 is 1.86 bits per heavy atom. The Labute approximate surface area is 133 Å². The van der Waals surface area contributed by atoms with Crippen molar-refractivity contribution in [1.82, 2.24) is 4.98 Å². The Balaban J connectivity index is 2.51. The van der Waals surface area contributed by atoms with Gasteiger partial charge in [0.05, 0.1) is 5.69 Å². The van der Waals surface area contributed by atoms with Crippen molar-refractivity contribution in [2.75, 3.05) is 5.32 Å². The molecule has 1 aromatic heterocycles. The summed E-state index contributed by atoms with van der Waals surface area (Å²) in [5.41, 5.74) is 1.55. The molecule has 1 amide bonds. The number of thiazole rings is 1. The first-order valence-electron chi connectivity index (χ1n) is 7.71. The summed E-state index contributed by atoms with van der Waals surface area (Å²) in [5, 5.41) is 5.72. The highest BCUT2D eigenvalue weighted by Gasteiger charge is 2.19. The van der Waals surface area contributed by atoms with Crippen molar-refractivity contribution in [1.29, 1.82) is 0 Å². The van der Waals surface area contributed by atoms with E-state index < -0.39 is 0 Å². The molecule has 1 N–H and O–H groups in total. The monoisotopic (exact) mass is 310 g/mol. The van der Waals surface area contributed by atoms with E-state index in [1.54, 1.807) is 0 Å². The number of hydrogen-bond donors (Lipinski definition) is 1. The average Bonchev–Trinajstić information content (AvgIpc) is 2.69. The maximum Gasteiger partial charge on any atom is 0.228 e. The zero-order valence-electron chi connectivity index (χ0n) is 14.5. The van der Waals surface area contributed by atoms with Crippen LogP contribution in [0.2, 0.25) is 0 Å². The summed E-state index contributed by atoms with van der Waals surface area (Å²) in [6.07, 6.45) is 2.89. The molecule has 1 heterocycles. The van der Waals surface area contributed by atoms with Crippen LogP contribution in [-0.2, 0) is 11.2 Å². The molecule has 4 heteroatoms. The van der Waals surface area contributed by atoms with Gasteiger partial charge in [-0.15, -0.1) is 11.3 Å². The normalized spacial score (nSPS) is 14.0. The second-order valence-electron chi connectivity index (χ2n) is 8.37. The molecule has 120 valence electrons. The molecular weight excluding hydrogens is 280 g/mol. The topological polar surface area (TPSA) is 42.0 Å². The second kappa shape index (κ2) is 6.91. The lowest BCUT2D eigenvalue weighted by atomic mass is 9.87. The number of carbonyl (C=O) groups is 1. The molecule has 1 rings (SSSR count). The smallest absolute Gasteiger partial charge is 0.228 e. The maximum absolute atomic E-state index is 12.2. The Morgan fingerprint density at radius 3 is 2.38 bits per heavy atom. The van der Waals surface area contributed by atoms with Gasteiger partial charge in [-0.1, -0.05) is 48.5 Å². The van der Waals surface area contributed by atoms with E-state index in [2.05, 4.69) is 51.8 Å². The fraction of sp³-hybridized carbons (Fsp3) is 0.765. The molecule has 0 aliphatic rings. The molecule has 0 spiro atoms. The van der Waals surface area contributed by atoms with Gasteiger partial charge in [-0.05, 0) is 30.1 Å². The third-order valence-corrected chi connectivity index (χ3v) is 4.07. The predicted octanol–water partition coefficient (Wildman–Crippen LogP) is 5.13. The van der Waals surface area contributed by atoms with Crippen LogP contribution in [0.4, 0.5) is 5.13 Å². The predicted molar refractivity (Wildman–Crippen MR) is 91.8 cm³/mol. The number of rotatable bonds is 5. The number of nitrogens with zero attached hydrogens (tertiary/aromatic N) is 1. The highest BCUT2D eigenvalue weighted by molar-refractivity contribution is 7.13. The lowest BCUT2D eigenvalue weighted by Crippen LogP contribution is -2.22. The zero-order chi connectivity index (χ0) is 16.3. The summed E-state index contributed by atoms with van der Waals surface area (Å²) >= 11 is 1.52. The van der Waals surface area contributed by atoms with Crippen LogP contribution < -0.4 is 5.32 Å². The van der Waals surface area contributed by atoms with Gasteiger partial charge < -0.3 is 5.32 Å². The first-order chi connectivity index (χ1) is 9.46. The van der Waals surface area contributed by atoms with Crippen LogP contribution in [0.5, 0.6) is 0 Å². The van der Waals surface area contributed by atoms with E-state index in [9.17, 15) is 4.79 Å². The quantitative estimate of drug-likeness (QED) is 0.819. The SMILES string of the molecule is CC(CCC(C)(C)C)C(=O)Nc1nc(CC(C)(C)C)cs1. The van der Waals surface area contributed by atoms with Crippen LogP contribution in [0.15, 0.2) is 5.38 Å². The van der Waals surface area contributed by atoms with Crippen molar-refractivity contribution in [3.05, 3.63) is 11.1 Å². The Kier molecular flexibility index (Phi) is 5.97. The van der Waals surface area contributed by atoms with E-state index in [1.807, 2.05) is 12.3 Å². The lowest BCUT2D eigenvalue weighted by molar-refractivity contribution is -0.119. The number of carbonyl (C=O) groups excluding carboxylic acids is 1. The summed E-state index contributed by atoms with van der Waals surface area (Å²) in [4.78, 5) is 16.7. The molecular formula is C17H30N2OS. The van der Waals surface area contributed by atoms with Crippen molar-refractivity contribution in [2.45, 2.75) is 67.7 Å². The molecule has 0 saturated carbocycles. The second-order valence-corrected chi connectivity index (χ2v) is 9.23. The van der Waals surface area contributed by atoms with Gasteiger partial charge in [-0.2, -0.15) is 0 Å². The molecule has 0 fully saturated rings. The van der Waals surface area contributed by atoms with Gasteiger partial charge in [0.25, 0.3) is 0 Å². The van der Waals surface area contributed by atoms with Gasteiger partial charge in [-0.25, -0.2) is 4.98 Å². The van der Waals surface area contributed by atoms with Gasteiger partial charge in [-0.3, -0.25) is 4.79 Å². The minimum absolute atomic E-state index is 0.0270. The molecule has 0 aromatic carbocycles. The molecule has 0 saturated heterocycles. The number of amides is 1. The Bertz CT molecular complexity index is 466. The van der Waals surface area contributed by atoms with Crippen LogP contribution in [0.25, 0.3) is 0 Å². The summed E-state index contributed by atoms with van der Waals surface area (Å²) in [5.74, 6) is 0.107. The lowest BCUT2D eigenvalue weighted by Gasteiger charge is -2.20. The third kappa shape index (κ3) is 7.60. The molecule has 3 nitrogen and oxygen atoms in total. The number of anilines is 1. The first kappa shape index (κ1) is 18.1. The van der Waals surface area contributed by atoms with Crippen LogP contribution in [-0.4, -0.2) is 10.9 Å². The van der Waals surface area contributed by atoms with Gasteiger partial charge in [0.2, 0.25) is 5.91 Å². The van der Waals surface area contributed by atoms with E-state index in [1.165, 1.54) is 11.3 Å². The van der Waals surface area contributed by atoms with Gasteiger partial charge in [0, 0.05) is 11.3 Å². The number of nitrogens with one attached hydrogen (secondary N) is 1. The molecule has 0 aliphatic carbocycles. The molecule has 0 aliphatic heterocycles. The Hall–Kier alpha value is -0.900. The summed E-state index contributed by atoms with van der Waals surface area (Å²) in [6, 6.07) is 0. The molecule has 21 heavy (non-hydrogen) atoms. The molecule has 0 bridgehead atoms. The average molecular weight is 311 g/mol. The molecule has 1 aromatic rings. The van der Waals surface area contributed by atoms with Crippen LogP contribution in [0.1, 0.15) is 67.0 Å². The van der Waals surface area contributed by atoms with Crippen molar-refractivity contribution in [3.63, 3.8) is 0 Å². The van der Waals surface area contributed by atoms with E-state index in [0.717, 1.165) is 30.1 Å². The molecule has 0 radical (unpaired) electrons. The van der Waals surface area contributed by atoms with Crippen LogP contribution in [0.3, 0.4) is 0 Å². The van der Waals surface area contributed by atoms with Crippen molar-refractivity contribution in [3.8, 4) is 0 Å². The zero-order valence-corrected chi connectivity index (χ0v) is 15.4. The van der Waals surface area contributed by atoms with Gasteiger partial charge in [0.1, 0.15) is 0 Å². The van der Waals surface area contributed by atoms with Crippen LogP contribution in [0, 0.1) is 16.7 Å². The standard InChI is InChI=1S/C17H30N2OS/c1-12(8-9-16(2,3)4)14(20)19-15-18-13(11-21-15)10-17(5,6)7/h11-12H,8-10H2,1-7H3,(H,18,19,20). The molecule has 1 unspecified atom stereocenters. The summed E-state index contributed by atoms with van der Waals surface area (Å²) in [7, 11) is 0. The van der Waals surface area contributed by atoms with E-state index in [0.29, 0.717) is 0 Å². The number of hydrogen-bond acceptors (Lipinski definition) is 3. The highest BCUT2D eigenvalue weighted by atomic mass is 32.1. The van der Waals surface area contributed by atoms with E-state index >= 15 is 0 Å². The fourth-order valence-electron chi connectivity index (χ4n) is 2.00.